The number of ether oxygens (including phenoxy) is 2. The Kier molecular flexibility index (Phi) is 8.08. The maximum absolute atomic E-state index is 5.90. The molecule has 2 fully saturated rings. The molecule has 5 nitrogen and oxygen atoms in total. The molecule has 2 atom stereocenters. The molecule has 0 aliphatic carbocycles. The van der Waals surface area contributed by atoms with E-state index >= 15 is 0 Å². The molecule has 1 aromatic rings. The summed E-state index contributed by atoms with van der Waals surface area (Å²) >= 11 is 1.80. The van der Waals surface area contributed by atoms with Crippen molar-refractivity contribution in [2.24, 2.45) is 4.99 Å². The Morgan fingerprint density at radius 2 is 2.26 bits per heavy atom. The fraction of sp³-hybridized carbons (Fsp3) is 0.688. The number of aliphatic imine (C=N–C) groups is 1. The molecular weight excluding hydrogens is 425 g/mol. The summed E-state index contributed by atoms with van der Waals surface area (Å²) in [6, 6.07) is 4.28. The fourth-order valence-corrected chi connectivity index (χ4v) is 3.78. The second-order valence-electron chi connectivity index (χ2n) is 5.71. The van der Waals surface area contributed by atoms with Crippen LogP contribution in [0.1, 0.15) is 17.7 Å². The standard InChI is InChI=1S/C16H25N3O2S.HI/c1-17-16(18-7-6-13-4-3-11-22-13)19-8-10-21-15(12-19)14-5-2-9-20-14;/h3-4,11,14-15H,2,5-10,12H2,1H3,(H,17,18);1H. The molecule has 0 saturated carbocycles. The van der Waals surface area contributed by atoms with Gasteiger partial charge in [0.2, 0.25) is 0 Å². The number of halogens is 1. The van der Waals surface area contributed by atoms with Gasteiger partial charge < -0.3 is 19.7 Å². The van der Waals surface area contributed by atoms with Crippen LogP contribution in [0.4, 0.5) is 0 Å². The van der Waals surface area contributed by atoms with Crippen LogP contribution in [-0.2, 0) is 15.9 Å². The van der Waals surface area contributed by atoms with Crippen LogP contribution < -0.4 is 5.32 Å². The lowest BCUT2D eigenvalue weighted by atomic mass is 10.1. The van der Waals surface area contributed by atoms with Crippen LogP contribution in [-0.4, -0.2) is 63.0 Å². The fourth-order valence-electron chi connectivity index (χ4n) is 3.07. The maximum atomic E-state index is 5.90. The molecule has 2 saturated heterocycles. The highest BCUT2D eigenvalue weighted by Gasteiger charge is 2.32. The third-order valence-electron chi connectivity index (χ3n) is 4.22. The van der Waals surface area contributed by atoms with Crippen molar-refractivity contribution in [2.75, 3.05) is 39.9 Å². The van der Waals surface area contributed by atoms with Crippen LogP contribution in [0.2, 0.25) is 0 Å². The predicted octanol–water partition coefficient (Wildman–Crippen LogP) is 2.36. The molecule has 23 heavy (non-hydrogen) atoms. The lowest BCUT2D eigenvalue weighted by Crippen LogP contribution is -2.53. The van der Waals surface area contributed by atoms with Gasteiger partial charge in [-0.2, -0.15) is 0 Å². The van der Waals surface area contributed by atoms with Crippen LogP contribution in [0.25, 0.3) is 0 Å². The lowest BCUT2D eigenvalue weighted by Gasteiger charge is -2.37. The number of nitrogens with zero attached hydrogens (tertiary/aromatic N) is 2. The Hall–Kier alpha value is -0.380. The van der Waals surface area contributed by atoms with Gasteiger partial charge in [0.15, 0.2) is 5.96 Å². The van der Waals surface area contributed by atoms with E-state index in [4.69, 9.17) is 9.47 Å². The van der Waals surface area contributed by atoms with Crippen molar-refractivity contribution >= 4 is 41.3 Å². The largest absolute Gasteiger partial charge is 0.375 e. The number of hydrogen-bond donors (Lipinski definition) is 1. The van der Waals surface area contributed by atoms with Crippen molar-refractivity contribution in [1.82, 2.24) is 10.2 Å². The summed E-state index contributed by atoms with van der Waals surface area (Å²) in [7, 11) is 1.85. The molecule has 3 rings (SSSR count). The quantitative estimate of drug-likeness (QED) is 0.434. The number of guanidine groups is 1. The first kappa shape index (κ1) is 19.0. The van der Waals surface area contributed by atoms with Crippen molar-refractivity contribution < 1.29 is 9.47 Å². The van der Waals surface area contributed by atoms with E-state index < -0.39 is 0 Å². The van der Waals surface area contributed by atoms with Crippen molar-refractivity contribution in [2.45, 2.75) is 31.5 Å². The molecule has 2 aliphatic heterocycles. The average molecular weight is 451 g/mol. The topological polar surface area (TPSA) is 46.1 Å². The van der Waals surface area contributed by atoms with Gasteiger partial charge in [0.1, 0.15) is 6.10 Å². The van der Waals surface area contributed by atoms with E-state index in [9.17, 15) is 0 Å². The number of thiophene rings is 1. The summed E-state index contributed by atoms with van der Waals surface area (Å²) in [6.45, 7) is 4.29. The Morgan fingerprint density at radius 1 is 1.39 bits per heavy atom. The van der Waals surface area contributed by atoms with E-state index in [-0.39, 0.29) is 36.2 Å². The molecule has 0 radical (unpaired) electrons. The molecule has 7 heteroatoms. The Bertz CT molecular complexity index is 478. The van der Waals surface area contributed by atoms with Gasteiger partial charge in [-0.25, -0.2) is 0 Å². The lowest BCUT2D eigenvalue weighted by molar-refractivity contribution is -0.0816. The van der Waals surface area contributed by atoms with E-state index in [0.29, 0.717) is 0 Å². The summed E-state index contributed by atoms with van der Waals surface area (Å²) in [6.07, 6.45) is 3.73. The minimum Gasteiger partial charge on any atom is -0.375 e. The van der Waals surface area contributed by atoms with E-state index in [1.165, 1.54) is 4.88 Å². The summed E-state index contributed by atoms with van der Waals surface area (Å²) in [5.41, 5.74) is 0. The number of hydrogen-bond acceptors (Lipinski definition) is 4. The van der Waals surface area contributed by atoms with Gasteiger partial charge in [-0.05, 0) is 30.7 Å². The van der Waals surface area contributed by atoms with Gasteiger partial charge in [0.25, 0.3) is 0 Å². The molecule has 0 aromatic carbocycles. The predicted molar refractivity (Wildman–Crippen MR) is 105 cm³/mol. The van der Waals surface area contributed by atoms with Gasteiger partial charge in [-0.15, -0.1) is 35.3 Å². The van der Waals surface area contributed by atoms with Crippen LogP contribution in [0.5, 0.6) is 0 Å². The first-order chi connectivity index (χ1) is 10.9. The molecule has 0 spiro atoms. The number of morpholine rings is 1. The summed E-state index contributed by atoms with van der Waals surface area (Å²) in [5.74, 6) is 0.975. The van der Waals surface area contributed by atoms with Gasteiger partial charge in [0, 0.05) is 38.2 Å². The molecule has 1 aromatic heterocycles. The first-order valence-electron chi connectivity index (χ1n) is 8.08. The normalized spacial score (nSPS) is 25.3. The smallest absolute Gasteiger partial charge is 0.193 e. The van der Waals surface area contributed by atoms with Crippen molar-refractivity contribution in [3.8, 4) is 0 Å². The summed E-state index contributed by atoms with van der Waals surface area (Å²) < 4.78 is 11.7. The van der Waals surface area contributed by atoms with E-state index in [2.05, 4.69) is 32.7 Å². The van der Waals surface area contributed by atoms with Crippen LogP contribution in [0, 0.1) is 0 Å². The second-order valence-corrected chi connectivity index (χ2v) is 6.74. The highest BCUT2D eigenvalue weighted by atomic mass is 127. The Labute approximate surface area is 159 Å². The van der Waals surface area contributed by atoms with Crippen LogP contribution >= 0.6 is 35.3 Å². The van der Waals surface area contributed by atoms with Gasteiger partial charge in [0.05, 0.1) is 12.7 Å². The monoisotopic (exact) mass is 451 g/mol. The zero-order chi connectivity index (χ0) is 15.2. The molecule has 0 amide bonds. The number of nitrogens with one attached hydrogen (secondary N) is 1. The van der Waals surface area contributed by atoms with E-state index in [0.717, 1.165) is 58.1 Å². The summed E-state index contributed by atoms with van der Waals surface area (Å²) in [5, 5.41) is 5.60. The minimum absolute atomic E-state index is 0. The van der Waals surface area contributed by atoms with Crippen molar-refractivity contribution in [3.63, 3.8) is 0 Å². The molecule has 0 bridgehead atoms. The zero-order valence-corrected chi connectivity index (χ0v) is 16.7. The maximum Gasteiger partial charge on any atom is 0.193 e. The van der Waals surface area contributed by atoms with Gasteiger partial charge in [-0.3, -0.25) is 4.99 Å². The highest BCUT2D eigenvalue weighted by molar-refractivity contribution is 14.0. The van der Waals surface area contributed by atoms with Crippen LogP contribution in [0.15, 0.2) is 22.5 Å². The average Bonchev–Trinajstić information content (AvgIpc) is 3.25. The highest BCUT2D eigenvalue weighted by Crippen LogP contribution is 2.21. The van der Waals surface area contributed by atoms with Gasteiger partial charge in [-0.1, -0.05) is 6.07 Å². The Morgan fingerprint density at radius 3 is 2.96 bits per heavy atom. The molecule has 2 aliphatic rings. The first-order valence-corrected chi connectivity index (χ1v) is 8.96. The van der Waals surface area contributed by atoms with Crippen molar-refractivity contribution in [1.29, 1.82) is 0 Å². The van der Waals surface area contributed by atoms with E-state index in [1.54, 1.807) is 11.3 Å². The SMILES string of the molecule is CN=C(NCCc1cccs1)N1CCOC(C2CCCO2)C1.I. The molecule has 130 valence electrons. The minimum atomic E-state index is 0. The second kappa shape index (κ2) is 9.80. The Balaban J connectivity index is 0.00000192. The van der Waals surface area contributed by atoms with Gasteiger partial charge >= 0.3 is 0 Å². The number of rotatable bonds is 4. The van der Waals surface area contributed by atoms with Crippen molar-refractivity contribution in [3.05, 3.63) is 22.4 Å². The van der Waals surface area contributed by atoms with Crippen LogP contribution in [0.3, 0.4) is 0 Å². The third kappa shape index (κ3) is 5.30. The molecule has 1 N–H and O–H groups in total. The zero-order valence-electron chi connectivity index (χ0n) is 13.6. The van der Waals surface area contributed by atoms with E-state index in [1.807, 2.05) is 7.05 Å². The third-order valence-corrected chi connectivity index (χ3v) is 5.16. The molecule has 2 unspecified atom stereocenters. The summed E-state index contributed by atoms with van der Waals surface area (Å²) in [4.78, 5) is 8.13. The molecule has 3 heterocycles. The molecular formula is C16H26IN3O2S.